The van der Waals surface area contributed by atoms with Gasteiger partial charge in [0.05, 0.1) is 7.11 Å². The Bertz CT molecular complexity index is 2610. The molecule has 7 aromatic carbocycles. The van der Waals surface area contributed by atoms with Crippen LogP contribution in [0.1, 0.15) is 90.5 Å². The molecule has 288 valence electrons. The van der Waals surface area contributed by atoms with E-state index in [1.165, 1.54) is 49.9 Å². The first kappa shape index (κ1) is 36.8. The molecule has 10 rings (SSSR count). The van der Waals surface area contributed by atoms with E-state index in [1.54, 1.807) is 7.11 Å². The third-order valence-electron chi connectivity index (χ3n) is 14.0. The number of ether oxygens (including phenoxy) is 2. The van der Waals surface area contributed by atoms with Crippen LogP contribution in [-0.4, -0.2) is 11.9 Å². The summed E-state index contributed by atoms with van der Waals surface area (Å²) < 4.78 is 13.3. The first-order valence-electron chi connectivity index (χ1n) is 21.0. The molecule has 0 aromatic heterocycles. The molecule has 1 fully saturated rings. The molecule has 2 atom stereocenters. The van der Waals surface area contributed by atoms with Gasteiger partial charge in [-0.2, -0.15) is 12.6 Å². The maximum absolute atomic E-state index is 7.74. The Morgan fingerprint density at radius 1 is 0.621 bits per heavy atom. The van der Waals surface area contributed by atoms with Crippen LogP contribution in [0.15, 0.2) is 164 Å². The number of methoxy groups -OCH3 is 1. The summed E-state index contributed by atoms with van der Waals surface area (Å²) in [6.45, 7) is 4.43. The van der Waals surface area contributed by atoms with Crippen LogP contribution in [0.25, 0.3) is 28.0 Å². The third-order valence-corrected chi connectivity index (χ3v) is 14.5. The second-order valence-corrected chi connectivity index (χ2v) is 18.2. The molecule has 1 saturated carbocycles. The molecule has 0 radical (unpaired) electrons. The molecule has 1 spiro atoms. The van der Waals surface area contributed by atoms with Crippen molar-refractivity contribution in [2.75, 3.05) is 7.11 Å². The molecule has 0 bridgehead atoms. The monoisotopic (exact) mass is 774 g/mol. The molecular weight excluding hydrogens is 725 g/mol. The summed E-state index contributed by atoms with van der Waals surface area (Å²) in [5.74, 6) is 1.78. The minimum atomic E-state index is -0.856. The molecule has 2 nitrogen and oxygen atoms in total. The highest BCUT2D eigenvalue weighted by atomic mass is 32.1. The number of rotatable bonds is 8. The molecule has 1 heterocycles. The van der Waals surface area contributed by atoms with Crippen molar-refractivity contribution < 1.29 is 9.47 Å². The maximum Gasteiger partial charge on any atom is 0.178 e. The summed E-state index contributed by atoms with van der Waals surface area (Å²) in [7, 11) is 1.72. The minimum Gasteiger partial charge on any atom is -0.497 e. The SMILES string of the molecule is CCC(C)(S)Cc1ccc(C2(c3ccc(OC)cc3)C=Cc3c4c(c5ccccc5c3O2)-c2ccccc2C42CCC(c3ccccc3)(c3ccccc3)CC2)cc1. The lowest BCUT2D eigenvalue weighted by molar-refractivity contribution is 0.162. The van der Waals surface area contributed by atoms with Gasteiger partial charge in [0.2, 0.25) is 0 Å². The molecule has 7 aromatic rings. The maximum atomic E-state index is 7.74. The summed E-state index contributed by atoms with van der Waals surface area (Å²) in [5.41, 5.74) is 12.0. The van der Waals surface area contributed by atoms with Gasteiger partial charge in [0, 0.05) is 37.7 Å². The van der Waals surface area contributed by atoms with Gasteiger partial charge in [-0.25, -0.2) is 0 Å². The number of hydrogen-bond acceptors (Lipinski definition) is 3. The van der Waals surface area contributed by atoms with Crippen LogP contribution in [0.2, 0.25) is 0 Å². The highest BCUT2D eigenvalue weighted by Crippen LogP contribution is 2.64. The second-order valence-electron chi connectivity index (χ2n) is 17.1. The van der Waals surface area contributed by atoms with Gasteiger partial charge in [-0.1, -0.05) is 166 Å². The van der Waals surface area contributed by atoms with Crippen LogP contribution in [0, 0.1) is 0 Å². The fourth-order valence-electron chi connectivity index (χ4n) is 10.8. The zero-order chi connectivity index (χ0) is 39.5. The third kappa shape index (κ3) is 5.68. The van der Waals surface area contributed by atoms with E-state index >= 15 is 0 Å². The van der Waals surface area contributed by atoms with Crippen LogP contribution in [-0.2, 0) is 22.9 Å². The molecule has 3 heteroatoms. The quantitative estimate of drug-likeness (QED) is 0.155. The molecule has 3 aliphatic rings. The van der Waals surface area contributed by atoms with E-state index in [9.17, 15) is 0 Å². The lowest BCUT2D eigenvalue weighted by Gasteiger charge is -2.48. The number of thiol groups is 1. The number of benzene rings is 7. The summed E-state index contributed by atoms with van der Waals surface area (Å²) in [6, 6.07) is 58.1. The summed E-state index contributed by atoms with van der Waals surface area (Å²) in [4.78, 5) is 0. The molecule has 0 N–H and O–H groups in total. The van der Waals surface area contributed by atoms with E-state index in [0.29, 0.717) is 0 Å². The largest absolute Gasteiger partial charge is 0.497 e. The average Bonchev–Trinajstić information content (AvgIpc) is 3.57. The Hall–Kier alpha value is -5.51. The molecule has 58 heavy (non-hydrogen) atoms. The predicted molar refractivity (Wildman–Crippen MR) is 244 cm³/mol. The highest BCUT2D eigenvalue weighted by molar-refractivity contribution is 7.81. The zero-order valence-electron chi connectivity index (χ0n) is 33.7. The standard InChI is InChI=1S/C55H50O2S/c1-4-52(2,58)37-38-23-25-41(26-24-38)55(42-27-29-43(56-3)30-28-42)32-31-47-50-49(44-19-11-12-20-45(44)51(47)57-55)46-21-13-14-22-48(46)54(50)35-33-53(34-36-54,39-15-7-5-8-16-39)40-17-9-6-10-18-40/h5-32,58H,4,33-37H2,1-3H3. The van der Waals surface area contributed by atoms with Crippen molar-refractivity contribution in [1.29, 1.82) is 0 Å². The number of hydrogen-bond donors (Lipinski definition) is 1. The van der Waals surface area contributed by atoms with Gasteiger partial charge in [-0.3, -0.25) is 0 Å². The molecule has 0 saturated heterocycles. The first-order valence-corrected chi connectivity index (χ1v) is 21.4. The van der Waals surface area contributed by atoms with Crippen LogP contribution in [0.4, 0.5) is 0 Å². The van der Waals surface area contributed by atoms with E-state index < -0.39 is 5.60 Å². The molecule has 1 aliphatic heterocycles. The predicted octanol–water partition coefficient (Wildman–Crippen LogP) is 13.7. The first-order chi connectivity index (χ1) is 28.3. The van der Waals surface area contributed by atoms with Gasteiger partial charge < -0.3 is 9.47 Å². The zero-order valence-corrected chi connectivity index (χ0v) is 34.6. The normalized spacial score (nSPS) is 19.4. The lowest BCUT2D eigenvalue weighted by Crippen LogP contribution is -2.41. The Kier molecular flexibility index (Phi) is 8.95. The fourth-order valence-corrected chi connectivity index (χ4v) is 10.9. The van der Waals surface area contributed by atoms with Crippen LogP contribution in [0.3, 0.4) is 0 Å². The van der Waals surface area contributed by atoms with E-state index in [2.05, 4.69) is 172 Å². The van der Waals surface area contributed by atoms with Crippen molar-refractivity contribution >= 4 is 29.5 Å². The molecular formula is C55H50O2S. The molecule has 0 amide bonds. The summed E-state index contributed by atoms with van der Waals surface area (Å²) in [6.07, 6.45) is 10.8. The van der Waals surface area contributed by atoms with Gasteiger partial charge in [0.15, 0.2) is 5.60 Å². The van der Waals surface area contributed by atoms with Gasteiger partial charge >= 0.3 is 0 Å². The van der Waals surface area contributed by atoms with E-state index in [1.807, 2.05) is 12.1 Å². The van der Waals surface area contributed by atoms with E-state index in [-0.39, 0.29) is 15.6 Å². The Morgan fingerprint density at radius 2 is 1.17 bits per heavy atom. The van der Waals surface area contributed by atoms with E-state index in [4.69, 9.17) is 22.1 Å². The van der Waals surface area contributed by atoms with Gasteiger partial charge in [-0.05, 0) is 101 Å². The van der Waals surface area contributed by atoms with Crippen molar-refractivity contribution in [1.82, 2.24) is 0 Å². The highest BCUT2D eigenvalue weighted by Gasteiger charge is 2.53. The second kappa shape index (κ2) is 14.1. The lowest BCUT2D eigenvalue weighted by atomic mass is 9.56. The fraction of sp³-hybridized carbons (Fsp3) is 0.236. The van der Waals surface area contributed by atoms with Crippen LogP contribution >= 0.6 is 12.6 Å². The molecule has 2 aliphatic carbocycles. The summed E-state index contributed by atoms with van der Waals surface area (Å²) >= 11 is 4.97. The Balaban J connectivity index is 1.17. The van der Waals surface area contributed by atoms with Crippen molar-refractivity contribution in [2.24, 2.45) is 0 Å². The smallest absolute Gasteiger partial charge is 0.178 e. The summed E-state index contributed by atoms with van der Waals surface area (Å²) in [5, 5.41) is 2.40. The topological polar surface area (TPSA) is 18.5 Å². The molecule has 2 unspecified atom stereocenters. The van der Waals surface area contributed by atoms with Crippen molar-refractivity contribution in [2.45, 2.75) is 73.6 Å². The van der Waals surface area contributed by atoms with Crippen LogP contribution in [0.5, 0.6) is 11.5 Å². The van der Waals surface area contributed by atoms with Crippen molar-refractivity contribution in [3.63, 3.8) is 0 Å². The average molecular weight is 775 g/mol. The van der Waals surface area contributed by atoms with Gasteiger partial charge in [-0.15, -0.1) is 0 Å². The minimum absolute atomic E-state index is 0.0636. The Labute approximate surface area is 349 Å². The van der Waals surface area contributed by atoms with E-state index in [0.717, 1.165) is 66.5 Å². The van der Waals surface area contributed by atoms with Gasteiger partial charge in [0.1, 0.15) is 11.5 Å². The van der Waals surface area contributed by atoms with Crippen LogP contribution < -0.4 is 9.47 Å². The van der Waals surface area contributed by atoms with Crippen molar-refractivity contribution in [3.8, 4) is 22.6 Å². The van der Waals surface area contributed by atoms with Gasteiger partial charge in [0.25, 0.3) is 0 Å². The van der Waals surface area contributed by atoms with Crippen molar-refractivity contribution in [3.05, 3.63) is 208 Å². The number of fused-ring (bicyclic) bond motifs is 10. The Morgan fingerprint density at radius 3 is 1.79 bits per heavy atom.